The third-order valence-corrected chi connectivity index (χ3v) is 3.17. The van der Waals surface area contributed by atoms with Crippen LogP contribution in [0.1, 0.15) is 25.5 Å². The van der Waals surface area contributed by atoms with Crippen molar-refractivity contribution in [2.75, 3.05) is 13.7 Å². The molecular weight excluding hydrogens is 258 g/mol. The number of benzene rings is 1. The minimum atomic E-state index is -0.485. The van der Waals surface area contributed by atoms with E-state index in [0.29, 0.717) is 23.8 Å². The van der Waals surface area contributed by atoms with Crippen molar-refractivity contribution in [1.29, 1.82) is 5.41 Å². The molecule has 0 saturated carbocycles. The maximum atomic E-state index is 11.9. The van der Waals surface area contributed by atoms with Crippen LogP contribution in [0.25, 0.3) is 0 Å². The Morgan fingerprint density at radius 3 is 2.75 bits per heavy atom. The maximum absolute atomic E-state index is 11.9. The number of amides is 2. The molecule has 1 atom stereocenters. The molecule has 1 heterocycles. The number of nitrogens with zero attached hydrogens (tertiary/aromatic N) is 1. The van der Waals surface area contributed by atoms with E-state index < -0.39 is 6.04 Å². The highest BCUT2D eigenvalue weighted by Gasteiger charge is 2.37. The fourth-order valence-corrected chi connectivity index (χ4v) is 2.33. The Morgan fingerprint density at radius 1 is 1.50 bits per heavy atom. The number of aromatic hydroxyl groups is 1. The van der Waals surface area contributed by atoms with Crippen LogP contribution in [-0.4, -0.2) is 35.5 Å². The van der Waals surface area contributed by atoms with Gasteiger partial charge in [-0.2, -0.15) is 0 Å². The Balaban J connectivity index is 2.35. The van der Waals surface area contributed by atoms with Crippen molar-refractivity contribution in [3.63, 3.8) is 0 Å². The van der Waals surface area contributed by atoms with Gasteiger partial charge in [-0.3, -0.25) is 10.7 Å². The van der Waals surface area contributed by atoms with Crippen LogP contribution < -0.4 is 10.1 Å². The molecule has 2 rings (SSSR count). The van der Waals surface area contributed by atoms with Crippen molar-refractivity contribution >= 4 is 11.9 Å². The summed E-state index contributed by atoms with van der Waals surface area (Å²) >= 11 is 0. The zero-order valence-corrected chi connectivity index (χ0v) is 11.8. The molecule has 0 spiro atoms. The number of nitrogens with one attached hydrogen (secondary N) is 2. The molecule has 3 N–H and O–H groups in total. The maximum Gasteiger partial charge on any atom is 0.323 e. The third-order valence-electron chi connectivity index (χ3n) is 3.17. The van der Waals surface area contributed by atoms with Gasteiger partial charge in [0.25, 0.3) is 0 Å². The van der Waals surface area contributed by atoms with Crippen LogP contribution in [0, 0.1) is 11.3 Å². The highest BCUT2D eigenvalue weighted by Crippen LogP contribution is 2.33. The first-order valence-electron chi connectivity index (χ1n) is 6.47. The van der Waals surface area contributed by atoms with Crippen LogP contribution in [0.2, 0.25) is 0 Å². The Hall–Kier alpha value is -2.24. The monoisotopic (exact) mass is 277 g/mol. The lowest BCUT2D eigenvalue weighted by molar-refractivity contribution is 0.198. The van der Waals surface area contributed by atoms with Gasteiger partial charge in [0.2, 0.25) is 0 Å². The quantitative estimate of drug-likeness (QED) is 0.787. The lowest BCUT2D eigenvalue weighted by atomic mass is 10.0. The van der Waals surface area contributed by atoms with Gasteiger partial charge in [0.15, 0.2) is 11.5 Å². The zero-order chi connectivity index (χ0) is 14.9. The number of amidine groups is 1. The van der Waals surface area contributed by atoms with E-state index in [1.807, 2.05) is 13.8 Å². The zero-order valence-electron chi connectivity index (χ0n) is 11.8. The fourth-order valence-electron chi connectivity index (χ4n) is 2.33. The summed E-state index contributed by atoms with van der Waals surface area (Å²) < 4.78 is 5.00. The summed E-state index contributed by atoms with van der Waals surface area (Å²) in [7, 11) is 1.47. The van der Waals surface area contributed by atoms with Crippen LogP contribution >= 0.6 is 0 Å². The van der Waals surface area contributed by atoms with Gasteiger partial charge in [0.1, 0.15) is 11.9 Å². The van der Waals surface area contributed by atoms with Crippen LogP contribution in [0.15, 0.2) is 18.2 Å². The lowest BCUT2D eigenvalue weighted by Crippen LogP contribution is -2.33. The van der Waals surface area contributed by atoms with Crippen LogP contribution in [-0.2, 0) is 0 Å². The van der Waals surface area contributed by atoms with Crippen molar-refractivity contribution in [2.24, 2.45) is 5.92 Å². The molecule has 1 aromatic carbocycles. The Morgan fingerprint density at radius 2 is 2.20 bits per heavy atom. The largest absolute Gasteiger partial charge is 0.504 e. The Kier molecular flexibility index (Phi) is 3.83. The number of hydrogen-bond acceptors (Lipinski definition) is 4. The minimum Gasteiger partial charge on any atom is -0.504 e. The van der Waals surface area contributed by atoms with Crippen molar-refractivity contribution < 1.29 is 14.6 Å². The molecule has 1 unspecified atom stereocenters. The summed E-state index contributed by atoms with van der Waals surface area (Å²) in [6.07, 6.45) is 0. The first-order chi connectivity index (χ1) is 9.43. The molecule has 1 fully saturated rings. The molecule has 2 amide bonds. The van der Waals surface area contributed by atoms with Crippen LogP contribution in [0.3, 0.4) is 0 Å². The predicted molar refractivity (Wildman–Crippen MR) is 75.2 cm³/mol. The summed E-state index contributed by atoms with van der Waals surface area (Å²) in [5.41, 5.74) is 0.687. The molecule has 1 aliphatic heterocycles. The molecular formula is C14H19N3O3. The first kappa shape index (κ1) is 14.2. The van der Waals surface area contributed by atoms with Crippen molar-refractivity contribution in [3.05, 3.63) is 23.8 Å². The van der Waals surface area contributed by atoms with Gasteiger partial charge >= 0.3 is 6.03 Å². The SMILES string of the molecule is COc1ccc(C2C(=N)NC(=O)N2CC(C)C)cc1O. The van der Waals surface area contributed by atoms with Gasteiger partial charge in [-0.15, -0.1) is 0 Å². The number of ether oxygens (including phenoxy) is 1. The average Bonchev–Trinajstić information content (AvgIpc) is 2.63. The second-order valence-electron chi connectivity index (χ2n) is 5.22. The molecule has 0 bridgehead atoms. The molecule has 1 aromatic rings. The van der Waals surface area contributed by atoms with Crippen molar-refractivity contribution in [1.82, 2.24) is 10.2 Å². The summed E-state index contributed by atoms with van der Waals surface area (Å²) in [4.78, 5) is 13.5. The lowest BCUT2D eigenvalue weighted by Gasteiger charge is -2.25. The van der Waals surface area contributed by atoms with E-state index in [1.54, 1.807) is 17.0 Å². The highest BCUT2D eigenvalue weighted by atomic mass is 16.5. The van der Waals surface area contributed by atoms with Gasteiger partial charge < -0.3 is 14.7 Å². The summed E-state index contributed by atoms with van der Waals surface area (Å²) in [5, 5.41) is 20.3. The molecule has 20 heavy (non-hydrogen) atoms. The summed E-state index contributed by atoms with van der Waals surface area (Å²) in [6, 6.07) is 4.16. The number of hydrogen-bond donors (Lipinski definition) is 3. The van der Waals surface area contributed by atoms with E-state index in [4.69, 9.17) is 10.1 Å². The van der Waals surface area contributed by atoms with Gasteiger partial charge in [0.05, 0.1) is 7.11 Å². The standard InChI is InChI=1S/C14H19N3O3/c1-8(2)7-17-12(13(15)16-14(17)19)9-4-5-11(20-3)10(18)6-9/h4-6,8,12,18H,7H2,1-3H3,(H2,15,16,19). The smallest absolute Gasteiger partial charge is 0.323 e. The molecule has 6 heteroatoms. The Labute approximate surface area is 117 Å². The molecule has 108 valence electrons. The Bertz CT molecular complexity index is 542. The van der Waals surface area contributed by atoms with E-state index in [2.05, 4.69) is 5.32 Å². The van der Waals surface area contributed by atoms with E-state index in [1.165, 1.54) is 13.2 Å². The average molecular weight is 277 g/mol. The van der Waals surface area contributed by atoms with E-state index in [-0.39, 0.29) is 17.6 Å². The van der Waals surface area contributed by atoms with E-state index >= 15 is 0 Å². The van der Waals surface area contributed by atoms with Crippen molar-refractivity contribution in [3.8, 4) is 11.5 Å². The number of carbonyl (C=O) groups is 1. The van der Waals surface area contributed by atoms with Crippen LogP contribution in [0.5, 0.6) is 11.5 Å². The second-order valence-corrected chi connectivity index (χ2v) is 5.22. The number of methoxy groups -OCH3 is 1. The normalized spacial score (nSPS) is 18.6. The highest BCUT2D eigenvalue weighted by molar-refractivity contribution is 6.06. The number of phenolic OH excluding ortho intramolecular Hbond substituents is 1. The predicted octanol–water partition coefficient (Wildman–Crippen LogP) is 2.10. The van der Waals surface area contributed by atoms with Gasteiger partial charge in [-0.25, -0.2) is 4.79 Å². The first-order valence-corrected chi connectivity index (χ1v) is 6.47. The number of rotatable bonds is 4. The fraction of sp³-hybridized carbons (Fsp3) is 0.429. The molecule has 0 radical (unpaired) electrons. The molecule has 0 aromatic heterocycles. The third kappa shape index (κ3) is 2.54. The summed E-state index contributed by atoms with van der Waals surface area (Å²) in [6.45, 7) is 4.57. The van der Waals surface area contributed by atoms with Gasteiger partial charge in [-0.05, 0) is 23.6 Å². The number of urea groups is 1. The molecule has 1 saturated heterocycles. The molecule has 0 aliphatic carbocycles. The van der Waals surface area contributed by atoms with E-state index in [9.17, 15) is 9.90 Å². The number of carbonyl (C=O) groups excluding carboxylic acids is 1. The van der Waals surface area contributed by atoms with Gasteiger partial charge in [0, 0.05) is 6.54 Å². The van der Waals surface area contributed by atoms with E-state index in [0.717, 1.165) is 0 Å². The van der Waals surface area contributed by atoms with Crippen molar-refractivity contribution in [2.45, 2.75) is 19.9 Å². The second kappa shape index (κ2) is 5.40. The topological polar surface area (TPSA) is 85.7 Å². The van der Waals surface area contributed by atoms with Crippen LogP contribution in [0.4, 0.5) is 4.79 Å². The molecule has 6 nitrogen and oxygen atoms in total. The molecule has 1 aliphatic rings. The minimum absolute atomic E-state index is 0.00152. The van der Waals surface area contributed by atoms with Gasteiger partial charge in [-0.1, -0.05) is 19.9 Å². The number of phenols is 1. The summed E-state index contributed by atoms with van der Waals surface area (Å²) in [5.74, 6) is 0.788.